The van der Waals surface area contributed by atoms with Crippen LogP contribution in [-0.2, 0) is 0 Å². The topological polar surface area (TPSA) is 0 Å². The Hall–Kier alpha value is -0.780. The zero-order valence-corrected chi connectivity index (χ0v) is 11.8. The van der Waals surface area contributed by atoms with Crippen LogP contribution >= 0.6 is 0 Å². The molecule has 0 heterocycles. The van der Waals surface area contributed by atoms with Gasteiger partial charge >= 0.3 is 0 Å². The van der Waals surface area contributed by atoms with Crippen LogP contribution in [-0.4, -0.2) is 0 Å². The largest absolute Gasteiger partial charge is 0.0995 e. The first-order chi connectivity index (χ1) is 7.51. The fourth-order valence-corrected chi connectivity index (χ4v) is 2.06. The Kier molecular flexibility index (Phi) is 7.97. The van der Waals surface area contributed by atoms with Gasteiger partial charge in [0, 0.05) is 0 Å². The minimum absolute atomic E-state index is 0.725. The average molecular weight is 220 g/mol. The predicted octanol–water partition coefficient (Wildman–Crippen LogP) is 5.67. The molecule has 0 heteroatoms. The zero-order valence-electron chi connectivity index (χ0n) is 11.8. The molecule has 0 nitrogen and oxygen atoms in total. The van der Waals surface area contributed by atoms with Crippen LogP contribution < -0.4 is 0 Å². The minimum atomic E-state index is 0.725. The Labute approximate surface area is 102 Å². The SMILES string of the molecule is C=C(CC=CC)CC(C)CC(CC)=C(C)C. The summed E-state index contributed by atoms with van der Waals surface area (Å²) in [5.74, 6) is 0.725. The van der Waals surface area contributed by atoms with E-state index in [1.165, 1.54) is 24.0 Å². The van der Waals surface area contributed by atoms with Gasteiger partial charge in [-0.1, -0.05) is 49.3 Å². The fraction of sp³-hybridized carbons (Fsp3) is 0.625. The van der Waals surface area contributed by atoms with Crippen LogP contribution in [0, 0.1) is 5.92 Å². The van der Waals surface area contributed by atoms with Gasteiger partial charge in [-0.15, -0.1) is 0 Å². The predicted molar refractivity (Wildman–Crippen MR) is 75.6 cm³/mol. The van der Waals surface area contributed by atoms with E-state index in [0.717, 1.165) is 18.8 Å². The van der Waals surface area contributed by atoms with E-state index in [9.17, 15) is 0 Å². The van der Waals surface area contributed by atoms with Gasteiger partial charge < -0.3 is 0 Å². The monoisotopic (exact) mass is 220 g/mol. The van der Waals surface area contributed by atoms with E-state index in [2.05, 4.69) is 53.3 Å². The maximum absolute atomic E-state index is 4.14. The Bertz CT molecular complexity index is 262. The van der Waals surface area contributed by atoms with Crippen molar-refractivity contribution in [2.45, 2.75) is 60.3 Å². The summed E-state index contributed by atoms with van der Waals surface area (Å²) in [6.45, 7) is 15.2. The van der Waals surface area contributed by atoms with Crippen molar-refractivity contribution in [1.82, 2.24) is 0 Å². The van der Waals surface area contributed by atoms with Gasteiger partial charge in [0.1, 0.15) is 0 Å². The molecule has 0 aromatic heterocycles. The van der Waals surface area contributed by atoms with Gasteiger partial charge in [0.05, 0.1) is 0 Å². The Morgan fingerprint density at radius 3 is 2.31 bits per heavy atom. The highest BCUT2D eigenvalue weighted by Crippen LogP contribution is 2.23. The second-order valence-electron chi connectivity index (χ2n) is 4.99. The lowest BCUT2D eigenvalue weighted by Crippen LogP contribution is -1.99. The van der Waals surface area contributed by atoms with E-state index < -0.39 is 0 Å². The lowest BCUT2D eigenvalue weighted by atomic mass is 9.91. The molecule has 0 aromatic rings. The van der Waals surface area contributed by atoms with Gasteiger partial charge in [0.25, 0.3) is 0 Å². The molecule has 0 fully saturated rings. The maximum atomic E-state index is 4.14. The standard InChI is InChI=1S/C16H28/c1-7-9-10-14(5)11-15(6)12-16(8-2)13(3)4/h7,9,15H,5,8,10-12H2,1-4,6H3. The molecule has 0 saturated heterocycles. The molecule has 0 N–H and O–H groups in total. The molecule has 0 saturated carbocycles. The van der Waals surface area contributed by atoms with Gasteiger partial charge in [-0.3, -0.25) is 0 Å². The quantitative estimate of drug-likeness (QED) is 0.485. The highest BCUT2D eigenvalue weighted by molar-refractivity contribution is 5.11. The Balaban J connectivity index is 4.12. The summed E-state index contributed by atoms with van der Waals surface area (Å²) in [6, 6.07) is 0. The molecule has 0 bridgehead atoms. The van der Waals surface area contributed by atoms with Crippen LogP contribution in [0.25, 0.3) is 0 Å². The normalized spacial score (nSPS) is 12.8. The van der Waals surface area contributed by atoms with Crippen LogP contribution in [0.4, 0.5) is 0 Å². The summed E-state index contributed by atoms with van der Waals surface area (Å²) in [5, 5.41) is 0. The molecular weight excluding hydrogens is 192 g/mol. The first-order valence-electron chi connectivity index (χ1n) is 6.44. The molecule has 0 aliphatic heterocycles. The molecule has 0 aliphatic carbocycles. The van der Waals surface area contributed by atoms with Crippen molar-refractivity contribution in [2.24, 2.45) is 5.92 Å². The second kappa shape index (κ2) is 8.38. The smallest absolute Gasteiger partial charge is 0.0142 e. The minimum Gasteiger partial charge on any atom is -0.0995 e. The molecule has 1 unspecified atom stereocenters. The van der Waals surface area contributed by atoms with Crippen molar-refractivity contribution in [1.29, 1.82) is 0 Å². The molecule has 0 aromatic carbocycles. The highest BCUT2D eigenvalue weighted by atomic mass is 14.1. The summed E-state index contributed by atoms with van der Waals surface area (Å²) in [7, 11) is 0. The summed E-state index contributed by atoms with van der Waals surface area (Å²) in [4.78, 5) is 0. The van der Waals surface area contributed by atoms with Crippen LogP contribution in [0.2, 0.25) is 0 Å². The molecule has 0 rings (SSSR count). The second-order valence-corrected chi connectivity index (χ2v) is 4.99. The Morgan fingerprint density at radius 1 is 1.25 bits per heavy atom. The first-order valence-corrected chi connectivity index (χ1v) is 6.44. The number of allylic oxidation sites excluding steroid dienone is 5. The summed E-state index contributed by atoms with van der Waals surface area (Å²) < 4.78 is 0. The lowest BCUT2D eigenvalue weighted by Gasteiger charge is -2.15. The summed E-state index contributed by atoms with van der Waals surface area (Å²) in [5.41, 5.74) is 4.47. The summed E-state index contributed by atoms with van der Waals surface area (Å²) in [6.07, 6.45) is 8.90. The number of hydrogen-bond acceptors (Lipinski definition) is 0. The molecular formula is C16H28. The van der Waals surface area contributed by atoms with Crippen molar-refractivity contribution in [3.8, 4) is 0 Å². The third-order valence-electron chi connectivity index (χ3n) is 3.01. The van der Waals surface area contributed by atoms with Crippen molar-refractivity contribution in [2.75, 3.05) is 0 Å². The van der Waals surface area contributed by atoms with Crippen molar-refractivity contribution >= 4 is 0 Å². The molecule has 0 amide bonds. The number of hydrogen-bond donors (Lipinski definition) is 0. The van der Waals surface area contributed by atoms with Crippen molar-refractivity contribution < 1.29 is 0 Å². The van der Waals surface area contributed by atoms with Gasteiger partial charge in [0.2, 0.25) is 0 Å². The molecule has 0 spiro atoms. The van der Waals surface area contributed by atoms with Gasteiger partial charge in [-0.05, 0) is 52.4 Å². The van der Waals surface area contributed by atoms with E-state index in [1.807, 2.05) is 0 Å². The van der Waals surface area contributed by atoms with E-state index >= 15 is 0 Å². The third-order valence-corrected chi connectivity index (χ3v) is 3.01. The highest BCUT2D eigenvalue weighted by Gasteiger charge is 2.07. The molecule has 92 valence electrons. The maximum Gasteiger partial charge on any atom is -0.0142 e. The van der Waals surface area contributed by atoms with E-state index in [-0.39, 0.29) is 0 Å². The molecule has 0 radical (unpaired) electrons. The van der Waals surface area contributed by atoms with E-state index in [0.29, 0.717) is 0 Å². The number of rotatable bonds is 7. The molecule has 0 aliphatic rings. The first kappa shape index (κ1) is 15.2. The van der Waals surface area contributed by atoms with Crippen molar-refractivity contribution in [3.05, 3.63) is 35.5 Å². The van der Waals surface area contributed by atoms with Gasteiger partial charge in [-0.25, -0.2) is 0 Å². The molecule has 1 atom stereocenters. The lowest BCUT2D eigenvalue weighted by molar-refractivity contribution is 0.556. The van der Waals surface area contributed by atoms with E-state index in [1.54, 1.807) is 5.57 Å². The summed E-state index contributed by atoms with van der Waals surface area (Å²) >= 11 is 0. The van der Waals surface area contributed by atoms with Crippen LogP contribution in [0.3, 0.4) is 0 Å². The van der Waals surface area contributed by atoms with E-state index in [4.69, 9.17) is 0 Å². The Morgan fingerprint density at radius 2 is 1.88 bits per heavy atom. The van der Waals surface area contributed by atoms with Crippen molar-refractivity contribution in [3.63, 3.8) is 0 Å². The third kappa shape index (κ3) is 6.66. The van der Waals surface area contributed by atoms with Crippen LogP contribution in [0.5, 0.6) is 0 Å². The molecule has 16 heavy (non-hydrogen) atoms. The fourth-order valence-electron chi connectivity index (χ4n) is 2.06. The van der Waals surface area contributed by atoms with Gasteiger partial charge in [-0.2, -0.15) is 0 Å². The van der Waals surface area contributed by atoms with Gasteiger partial charge in [0.15, 0.2) is 0 Å². The zero-order chi connectivity index (χ0) is 12.6. The average Bonchev–Trinajstić information content (AvgIpc) is 2.22. The van der Waals surface area contributed by atoms with Crippen LogP contribution in [0.15, 0.2) is 35.5 Å². The van der Waals surface area contributed by atoms with Crippen LogP contribution in [0.1, 0.15) is 60.3 Å².